The number of benzene rings is 3. The Morgan fingerprint density at radius 3 is 1.90 bits per heavy atom. The lowest BCUT2D eigenvalue weighted by Crippen LogP contribution is -2.40. The zero-order valence-corrected chi connectivity index (χ0v) is 18.3. The molecule has 0 unspecified atom stereocenters. The van der Waals surface area contributed by atoms with Gasteiger partial charge in [-0.2, -0.15) is 0 Å². The third-order valence-electron chi connectivity index (χ3n) is 5.06. The van der Waals surface area contributed by atoms with Gasteiger partial charge in [0.2, 0.25) is 10.0 Å². The molecule has 0 aliphatic rings. The van der Waals surface area contributed by atoms with Crippen molar-refractivity contribution in [3.63, 3.8) is 0 Å². The third-order valence-corrected chi connectivity index (χ3v) is 5.99. The van der Waals surface area contributed by atoms with Crippen molar-refractivity contribution in [1.29, 1.82) is 0 Å². The van der Waals surface area contributed by atoms with Crippen LogP contribution in [0.15, 0.2) is 94.8 Å². The molecule has 0 atom stereocenters. The van der Waals surface area contributed by atoms with Crippen LogP contribution in [0.2, 0.25) is 0 Å². The summed E-state index contributed by atoms with van der Waals surface area (Å²) in [5.41, 5.74) is 3.50. The van der Waals surface area contributed by atoms with Crippen molar-refractivity contribution in [3.8, 4) is 0 Å². The first-order valence-corrected chi connectivity index (χ1v) is 11.7. The van der Waals surface area contributed by atoms with E-state index in [1.54, 1.807) is 19.2 Å². The number of guanidine groups is 1. The number of hydrogen-bond acceptors (Lipinski definition) is 3. The summed E-state index contributed by atoms with van der Waals surface area (Å²) in [6, 6.07) is 27.4. The topological polar surface area (TPSA) is 96.6 Å². The number of nitrogens with two attached hydrogens (primary N) is 1. The second-order valence-corrected chi connectivity index (χ2v) is 8.75. The summed E-state index contributed by atoms with van der Waals surface area (Å²) in [6.07, 6.45) is 0.729. The standard InChI is InChI=1S/C24H28N4O2S/c1-26-24(27-17-16-19-12-14-22(15-13-19)31(25,29)30)28-18-23(20-8-4-2-5-9-20)21-10-6-3-7-11-21/h2-15,23H,16-18H2,1H3,(H2,25,29,30)(H2,26,27,28). The number of nitrogens with one attached hydrogen (secondary N) is 2. The maximum Gasteiger partial charge on any atom is 0.238 e. The first-order chi connectivity index (χ1) is 15.0. The average molecular weight is 437 g/mol. The van der Waals surface area contributed by atoms with E-state index in [-0.39, 0.29) is 10.8 Å². The van der Waals surface area contributed by atoms with E-state index < -0.39 is 10.0 Å². The van der Waals surface area contributed by atoms with Crippen LogP contribution >= 0.6 is 0 Å². The molecule has 3 rings (SSSR count). The first kappa shape index (κ1) is 22.5. The highest BCUT2D eigenvalue weighted by molar-refractivity contribution is 7.89. The van der Waals surface area contributed by atoms with Crippen LogP contribution in [0, 0.1) is 0 Å². The fourth-order valence-electron chi connectivity index (χ4n) is 3.39. The van der Waals surface area contributed by atoms with Crippen LogP contribution in [-0.4, -0.2) is 34.5 Å². The quantitative estimate of drug-likeness (QED) is 0.374. The summed E-state index contributed by atoms with van der Waals surface area (Å²) in [5.74, 6) is 0.921. The normalized spacial score (nSPS) is 12.0. The molecular weight excluding hydrogens is 408 g/mol. The average Bonchev–Trinajstić information content (AvgIpc) is 2.79. The van der Waals surface area contributed by atoms with Gasteiger partial charge in [0.15, 0.2) is 5.96 Å². The number of hydrogen-bond donors (Lipinski definition) is 3. The number of aliphatic imine (C=N–C) groups is 1. The van der Waals surface area contributed by atoms with Crippen molar-refractivity contribution in [1.82, 2.24) is 10.6 Å². The van der Waals surface area contributed by atoms with E-state index in [0.717, 1.165) is 17.9 Å². The van der Waals surface area contributed by atoms with Crippen LogP contribution < -0.4 is 15.8 Å². The molecule has 0 saturated heterocycles. The lowest BCUT2D eigenvalue weighted by atomic mass is 9.91. The molecule has 3 aromatic carbocycles. The molecule has 0 bridgehead atoms. The van der Waals surface area contributed by atoms with Crippen molar-refractivity contribution in [2.75, 3.05) is 20.1 Å². The number of sulfonamides is 1. The predicted octanol–water partition coefficient (Wildman–Crippen LogP) is 2.87. The number of nitrogens with zero attached hydrogens (tertiary/aromatic N) is 1. The van der Waals surface area contributed by atoms with Crippen molar-refractivity contribution in [2.45, 2.75) is 17.2 Å². The Morgan fingerprint density at radius 2 is 1.42 bits per heavy atom. The zero-order valence-electron chi connectivity index (χ0n) is 17.5. The molecule has 0 aliphatic heterocycles. The van der Waals surface area contributed by atoms with E-state index >= 15 is 0 Å². The summed E-state index contributed by atoms with van der Waals surface area (Å²) in [7, 11) is -1.92. The van der Waals surface area contributed by atoms with Crippen LogP contribution in [0.5, 0.6) is 0 Å². The van der Waals surface area contributed by atoms with Gasteiger partial charge >= 0.3 is 0 Å². The Labute approximate surface area is 184 Å². The van der Waals surface area contributed by atoms with Gasteiger partial charge in [-0.1, -0.05) is 72.8 Å². The smallest absolute Gasteiger partial charge is 0.238 e. The largest absolute Gasteiger partial charge is 0.356 e. The predicted molar refractivity (Wildman–Crippen MR) is 126 cm³/mol. The molecule has 0 spiro atoms. The molecule has 7 heteroatoms. The Balaban J connectivity index is 1.57. The van der Waals surface area contributed by atoms with E-state index in [4.69, 9.17) is 5.14 Å². The summed E-state index contributed by atoms with van der Waals surface area (Å²) >= 11 is 0. The molecule has 0 aliphatic carbocycles. The molecule has 0 aromatic heterocycles. The van der Waals surface area contributed by atoms with Gasteiger partial charge in [-0.05, 0) is 35.2 Å². The second-order valence-electron chi connectivity index (χ2n) is 7.19. The SMILES string of the molecule is CN=C(NCCc1ccc(S(N)(=O)=O)cc1)NCC(c1ccccc1)c1ccccc1. The minimum atomic E-state index is -3.66. The monoisotopic (exact) mass is 436 g/mol. The lowest BCUT2D eigenvalue weighted by molar-refractivity contribution is 0.598. The van der Waals surface area contributed by atoms with Gasteiger partial charge in [0.05, 0.1) is 4.90 Å². The Morgan fingerprint density at radius 1 is 0.871 bits per heavy atom. The highest BCUT2D eigenvalue weighted by Gasteiger charge is 2.14. The Kier molecular flexibility index (Phi) is 7.81. The molecule has 6 nitrogen and oxygen atoms in total. The van der Waals surface area contributed by atoms with E-state index in [1.165, 1.54) is 23.3 Å². The second kappa shape index (κ2) is 10.7. The zero-order chi connectivity index (χ0) is 22.1. The molecule has 0 saturated carbocycles. The first-order valence-electron chi connectivity index (χ1n) is 10.1. The van der Waals surface area contributed by atoms with Crippen LogP contribution in [0.25, 0.3) is 0 Å². The lowest BCUT2D eigenvalue weighted by Gasteiger charge is -2.20. The fourth-order valence-corrected chi connectivity index (χ4v) is 3.90. The number of primary sulfonamides is 1. The molecule has 3 aromatic rings. The molecule has 162 valence electrons. The van der Waals surface area contributed by atoms with Crippen molar-refractivity contribution < 1.29 is 8.42 Å². The van der Waals surface area contributed by atoms with Gasteiger partial charge < -0.3 is 10.6 Å². The van der Waals surface area contributed by atoms with Gasteiger partial charge in [-0.3, -0.25) is 4.99 Å². The van der Waals surface area contributed by atoms with Crippen LogP contribution in [-0.2, 0) is 16.4 Å². The van der Waals surface area contributed by atoms with Gasteiger partial charge in [0.1, 0.15) is 0 Å². The summed E-state index contributed by atoms with van der Waals surface area (Å²) in [6.45, 7) is 1.37. The van der Waals surface area contributed by atoms with Crippen molar-refractivity contribution >= 4 is 16.0 Å². The molecule has 0 amide bonds. The maximum absolute atomic E-state index is 11.4. The summed E-state index contributed by atoms with van der Waals surface area (Å²) < 4.78 is 22.7. The number of rotatable bonds is 8. The molecular formula is C24H28N4O2S. The van der Waals surface area contributed by atoms with E-state index in [9.17, 15) is 8.42 Å². The Bertz CT molecular complexity index is 1040. The minimum absolute atomic E-state index is 0.120. The summed E-state index contributed by atoms with van der Waals surface area (Å²) in [5, 5.41) is 11.9. The van der Waals surface area contributed by atoms with Crippen LogP contribution in [0.4, 0.5) is 0 Å². The maximum atomic E-state index is 11.4. The Hall–Kier alpha value is -3.16. The van der Waals surface area contributed by atoms with Gasteiger partial charge in [0.25, 0.3) is 0 Å². The highest BCUT2D eigenvalue weighted by Crippen LogP contribution is 2.23. The minimum Gasteiger partial charge on any atom is -0.356 e. The third kappa shape index (κ3) is 6.67. The molecule has 0 fully saturated rings. The van der Waals surface area contributed by atoms with Crippen LogP contribution in [0.1, 0.15) is 22.6 Å². The summed E-state index contributed by atoms with van der Waals surface area (Å²) in [4.78, 5) is 4.44. The van der Waals surface area contributed by atoms with Gasteiger partial charge in [-0.15, -0.1) is 0 Å². The van der Waals surface area contributed by atoms with Crippen molar-refractivity contribution in [2.24, 2.45) is 10.1 Å². The molecule has 0 radical (unpaired) electrons. The van der Waals surface area contributed by atoms with E-state index in [1.807, 2.05) is 12.1 Å². The molecule has 4 N–H and O–H groups in total. The molecule has 0 heterocycles. The highest BCUT2D eigenvalue weighted by atomic mass is 32.2. The van der Waals surface area contributed by atoms with Crippen molar-refractivity contribution in [3.05, 3.63) is 102 Å². The fraction of sp³-hybridized carbons (Fsp3) is 0.208. The van der Waals surface area contributed by atoms with Crippen LogP contribution in [0.3, 0.4) is 0 Å². The van der Waals surface area contributed by atoms with E-state index in [2.05, 4.69) is 64.2 Å². The van der Waals surface area contributed by atoms with E-state index in [0.29, 0.717) is 13.1 Å². The van der Waals surface area contributed by atoms with Gasteiger partial charge in [0, 0.05) is 26.1 Å². The van der Waals surface area contributed by atoms with Gasteiger partial charge in [-0.25, -0.2) is 13.6 Å². The molecule has 31 heavy (non-hydrogen) atoms.